The number of aryl methyl sites for hydroxylation is 2. The molecule has 2 aromatic carbocycles. The second-order valence-electron chi connectivity index (χ2n) is 6.16. The molecule has 0 nitrogen and oxygen atoms in total. The first kappa shape index (κ1) is 14.8. The predicted molar refractivity (Wildman–Crippen MR) is 88.7 cm³/mol. The van der Waals surface area contributed by atoms with Crippen LogP contribution in [0.4, 0.5) is 0 Å². The van der Waals surface area contributed by atoms with E-state index < -0.39 is 0 Å². The fraction of sp³-hybridized carbons (Fsp3) is 0.400. The summed E-state index contributed by atoms with van der Waals surface area (Å²) < 4.78 is 0. The van der Waals surface area contributed by atoms with Crippen LogP contribution in [0.3, 0.4) is 0 Å². The van der Waals surface area contributed by atoms with Gasteiger partial charge in [-0.25, -0.2) is 0 Å². The molecule has 0 saturated heterocycles. The lowest BCUT2D eigenvalue weighted by Gasteiger charge is -2.25. The summed E-state index contributed by atoms with van der Waals surface area (Å²) in [5.74, 6) is 1.07. The molecule has 2 rings (SSSR count). The van der Waals surface area contributed by atoms with Crippen molar-refractivity contribution in [1.82, 2.24) is 0 Å². The van der Waals surface area contributed by atoms with Crippen molar-refractivity contribution in [2.75, 3.05) is 0 Å². The van der Waals surface area contributed by atoms with Crippen molar-refractivity contribution in [3.63, 3.8) is 0 Å². The summed E-state index contributed by atoms with van der Waals surface area (Å²) in [5, 5.41) is 0. The predicted octanol–water partition coefficient (Wildman–Crippen LogP) is 5.83. The molecule has 2 atom stereocenters. The van der Waals surface area contributed by atoms with Gasteiger partial charge in [0.1, 0.15) is 0 Å². The lowest BCUT2D eigenvalue weighted by atomic mass is 9.79. The summed E-state index contributed by atoms with van der Waals surface area (Å²) in [6.07, 6.45) is 0. The van der Waals surface area contributed by atoms with E-state index in [1.807, 2.05) is 0 Å². The van der Waals surface area contributed by atoms with Crippen LogP contribution in [0.2, 0.25) is 0 Å². The summed E-state index contributed by atoms with van der Waals surface area (Å²) in [6, 6.07) is 13.3. The van der Waals surface area contributed by atoms with E-state index in [0.29, 0.717) is 11.8 Å². The second kappa shape index (κ2) is 5.83. The van der Waals surface area contributed by atoms with Gasteiger partial charge in [0.05, 0.1) is 0 Å². The fourth-order valence-electron chi connectivity index (χ4n) is 3.07. The normalized spacial score (nSPS) is 14.1. The minimum absolute atomic E-state index is 0.537. The zero-order chi connectivity index (χ0) is 14.9. The topological polar surface area (TPSA) is 0 Å². The summed E-state index contributed by atoms with van der Waals surface area (Å²) in [5.41, 5.74) is 8.64. The molecule has 0 radical (unpaired) electrons. The van der Waals surface area contributed by atoms with Gasteiger partial charge in [-0.15, -0.1) is 0 Å². The Bertz CT molecular complexity index is 552. The fourth-order valence-corrected chi connectivity index (χ4v) is 3.07. The first-order chi connectivity index (χ1) is 9.43. The molecule has 106 valence electrons. The third-order valence-corrected chi connectivity index (χ3v) is 5.02. The van der Waals surface area contributed by atoms with Crippen LogP contribution < -0.4 is 0 Å². The third kappa shape index (κ3) is 2.65. The Morgan fingerprint density at radius 1 is 0.600 bits per heavy atom. The number of hydrogen-bond donors (Lipinski definition) is 0. The molecule has 0 saturated carbocycles. The Morgan fingerprint density at radius 2 is 0.950 bits per heavy atom. The summed E-state index contributed by atoms with van der Waals surface area (Å²) in [7, 11) is 0. The van der Waals surface area contributed by atoms with Gasteiger partial charge >= 0.3 is 0 Å². The zero-order valence-electron chi connectivity index (χ0n) is 13.6. The molecule has 0 fully saturated rings. The number of benzene rings is 2. The van der Waals surface area contributed by atoms with Crippen molar-refractivity contribution in [3.8, 4) is 0 Å². The zero-order valence-corrected chi connectivity index (χ0v) is 13.6. The molecule has 0 aliphatic carbocycles. The molecule has 0 heteroatoms. The van der Waals surface area contributed by atoms with Crippen molar-refractivity contribution < 1.29 is 0 Å². The second-order valence-corrected chi connectivity index (χ2v) is 6.16. The summed E-state index contributed by atoms with van der Waals surface area (Å²) >= 11 is 0. The first-order valence-corrected chi connectivity index (χ1v) is 7.55. The van der Waals surface area contributed by atoms with Gasteiger partial charge in [0, 0.05) is 0 Å². The lowest BCUT2D eigenvalue weighted by Crippen LogP contribution is -2.09. The minimum Gasteiger partial charge on any atom is -0.0617 e. The van der Waals surface area contributed by atoms with E-state index in [0.717, 1.165) is 0 Å². The maximum absolute atomic E-state index is 2.36. The largest absolute Gasteiger partial charge is 0.0617 e. The Hall–Kier alpha value is -1.56. The lowest BCUT2D eigenvalue weighted by molar-refractivity contribution is 0.616. The van der Waals surface area contributed by atoms with Crippen molar-refractivity contribution in [2.45, 2.75) is 53.4 Å². The molecule has 0 aliphatic heterocycles. The van der Waals surface area contributed by atoms with Crippen LogP contribution in [0, 0.1) is 27.7 Å². The Balaban J connectivity index is 2.40. The van der Waals surface area contributed by atoms with E-state index in [1.165, 1.54) is 33.4 Å². The van der Waals surface area contributed by atoms with Crippen molar-refractivity contribution >= 4 is 0 Å². The maximum Gasteiger partial charge on any atom is -0.0121 e. The van der Waals surface area contributed by atoms with Crippen LogP contribution in [0.5, 0.6) is 0 Å². The maximum atomic E-state index is 2.36. The molecule has 0 amide bonds. The van der Waals surface area contributed by atoms with Crippen LogP contribution in [0.15, 0.2) is 36.4 Å². The molecule has 2 unspecified atom stereocenters. The quantitative estimate of drug-likeness (QED) is 0.656. The molecular weight excluding hydrogens is 240 g/mol. The minimum atomic E-state index is 0.537. The standard InChI is InChI=1S/C20H26/c1-13-9-7-11-19(15(13)3)17(5)18(6)20-12-8-10-14(2)16(20)4/h7-12,17-18H,1-6H3. The van der Waals surface area contributed by atoms with E-state index in [-0.39, 0.29) is 0 Å². The number of rotatable bonds is 3. The van der Waals surface area contributed by atoms with Gasteiger partial charge in [0.2, 0.25) is 0 Å². The molecule has 20 heavy (non-hydrogen) atoms. The Morgan fingerprint density at radius 3 is 1.30 bits per heavy atom. The van der Waals surface area contributed by atoms with Crippen LogP contribution in [0.1, 0.15) is 59.1 Å². The number of hydrogen-bond acceptors (Lipinski definition) is 0. The van der Waals surface area contributed by atoms with Crippen molar-refractivity contribution in [2.24, 2.45) is 0 Å². The van der Waals surface area contributed by atoms with E-state index in [9.17, 15) is 0 Å². The molecule has 0 heterocycles. The average molecular weight is 266 g/mol. The van der Waals surface area contributed by atoms with E-state index in [4.69, 9.17) is 0 Å². The van der Waals surface area contributed by atoms with E-state index in [2.05, 4.69) is 77.9 Å². The van der Waals surface area contributed by atoms with Gasteiger partial charge < -0.3 is 0 Å². The molecule has 0 aliphatic rings. The van der Waals surface area contributed by atoms with Crippen LogP contribution in [-0.2, 0) is 0 Å². The van der Waals surface area contributed by atoms with Gasteiger partial charge in [-0.05, 0) is 72.9 Å². The van der Waals surface area contributed by atoms with Crippen LogP contribution in [0.25, 0.3) is 0 Å². The van der Waals surface area contributed by atoms with Gasteiger partial charge in [-0.1, -0.05) is 50.2 Å². The van der Waals surface area contributed by atoms with Crippen molar-refractivity contribution in [1.29, 1.82) is 0 Å². The molecule has 2 aromatic rings. The highest BCUT2D eigenvalue weighted by atomic mass is 14.2. The van der Waals surface area contributed by atoms with Crippen LogP contribution in [-0.4, -0.2) is 0 Å². The first-order valence-electron chi connectivity index (χ1n) is 7.55. The SMILES string of the molecule is Cc1cccc(C(C)C(C)c2cccc(C)c2C)c1C. The molecule has 0 spiro atoms. The van der Waals surface area contributed by atoms with E-state index in [1.54, 1.807) is 0 Å². The van der Waals surface area contributed by atoms with Gasteiger partial charge in [-0.2, -0.15) is 0 Å². The monoisotopic (exact) mass is 266 g/mol. The smallest absolute Gasteiger partial charge is 0.0121 e. The summed E-state index contributed by atoms with van der Waals surface area (Å²) in [6.45, 7) is 13.6. The highest BCUT2D eigenvalue weighted by Crippen LogP contribution is 2.36. The van der Waals surface area contributed by atoms with E-state index >= 15 is 0 Å². The highest BCUT2D eigenvalue weighted by molar-refractivity contribution is 5.41. The molecule has 0 bridgehead atoms. The average Bonchev–Trinajstić information content (AvgIpc) is 2.43. The van der Waals surface area contributed by atoms with Gasteiger partial charge in [0.25, 0.3) is 0 Å². The molecule has 0 N–H and O–H groups in total. The summed E-state index contributed by atoms with van der Waals surface area (Å²) in [4.78, 5) is 0. The third-order valence-electron chi connectivity index (χ3n) is 5.02. The Labute approximate surface area is 123 Å². The molecule has 0 aromatic heterocycles. The van der Waals surface area contributed by atoms with Crippen LogP contribution >= 0.6 is 0 Å². The Kier molecular flexibility index (Phi) is 4.32. The van der Waals surface area contributed by atoms with Gasteiger partial charge in [0.15, 0.2) is 0 Å². The van der Waals surface area contributed by atoms with Crippen molar-refractivity contribution in [3.05, 3.63) is 69.8 Å². The molecular formula is C20H26. The van der Waals surface area contributed by atoms with Gasteiger partial charge in [-0.3, -0.25) is 0 Å². The highest BCUT2D eigenvalue weighted by Gasteiger charge is 2.20.